The molecule has 0 bridgehead atoms. The Kier molecular flexibility index (Phi) is 4.50. The molecule has 1 aliphatic rings. The Hall–Kier alpha value is -3.91. The van der Waals surface area contributed by atoms with Crippen molar-refractivity contribution in [3.8, 4) is 22.5 Å². The zero-order chi connectivity index (χ0) is 21.5. The number of anilines is 1. The molecule has 6 rings (SSSR count). The minimum Gasteiger partial charge on any atom is -0.369 e. The zero-order valence-corrected chi connectivity index (χ0v) is 17.7. The summed E-state index contributed by atoms with van der Waals surface area (Å²) in [6.07, 6.45) is 5.10. The van der Waals surface area contributed by atoms with Crippen molar-refractivity contribution in [3.05, 3.63) is 61.1 Å². The maximum absolute atomic E-state index is 4.91. The van der Waals surface area contributed by atoms with Gasteiger partial charge in [-0.2, -0.15) is 5.10 Å². The van der Waals surface area contributed by atoms with Gasteiger partial charge in [0.05, 0.1) is 11.2 Å². The molecule has 5 heterocycles. The van der Waals surface area contributed by atoms with E-state index >= 15 is 0 Å². The molecule has 0 radical (unpaired) electrons. The third-order valence-electron chi connectivity index (χ3n) is 6.04. The molecular formula is C24H22N8. The molecule has 1 saturated heterocycles. The van der Waals surface area contributed by atoms with Crippen LogP contribution in [0.1, 0.15) is 0 Å². The van der Waals surface area contributed by atoms with Crippen molar-refractivity contribution < 1.29 is 0 Å². The minimum atomic E-state index is 0.627. The van der Waals surface area contributed by atoms with Crippen LogP contribution in [0.3, 0.4) is 0 Å². The summed E-state index contributed by atoms with van der Waals surface area (Å²) in [5.74, 6) is 0. The first-order valence-corrected chi connectivity index (χ1v) is 10.7. The number of hydrogen-bond donors (Lipinski definition) is 1. The van der Waals surface area contributed by atoms with E-state index in [4.69, 9.17) is 4.98 Å². The number of aromatic nitrogens is 6. The number of piperazine rings is 1. The van der Waals surface area contributed by atoms with Gasteiger partial charge >= 0.3 is 0 Å². The summed E-state index contributed by atoms with van der Waals surface area (Å²) in [7, 11) is 2.17. The van der Waals surface area contributed by atoms with Gasteiger partial charge in [0.1, 0.15) is 16.7 Å². The van der Waals surface area contributed by atoms with E-state index in [1.54, 1.807) is 18.6 Å². The number of H-pyrrole nitrogens is 1. The van der Waals surface area contributed by atoms with Gasteiger partial charge in [-0.3, -0.25) is 10.1 Å². The summed E-state index contributed by atoms with van der Waals surface area (Å²) in [6, 6.07) is 14.6. The number of fused-ring (bicyclic) bond motifs is 2. The molecule has 0 unspecified atom stereocenters. The first-order valence-electron chi connectivity index (χ1n) is 10.7. The molecule has 1 aromatic carbocycles. The molecule has 4 aromatic heterocycles. The van der Waals surface area contributed by atoms with E-state index in [9.17, 15) is 0 Å². The van der Waals surface area contributed by atoms with Gasteiger partial charge in [0.15, 0.2) is 5.65 Å². The van der Waals surface area contributed by atoms with Crippen molar-refractivity contribution >= 4 is 27.9 Å². The smallest absolute Gasteiger partial charge is 0.178 e. The number of nitrogens with zero attached hydrogens (tertiary/aromatic N) is 7. The lowest BCUT2D eigenvalue weighted by molar-refractivity contribution is 0.313. The minimum absolute atomic E-state index is 0.627. The van der Waals surface area contributed by atoms with Crippen LogP contribution in [0.4, 0.5) is 5.69 Å². The Morgan fingerprint density at radius 1 is 0.844 bits per heavy atom. The molecule has 8 nitrogen and oxygen atoms in total. The van der Waals surface area contributed by atoms with Crippen LogP contribution < -0.4 is 4.90 Å². The summed E-state index contributed by atoms with van der Waals surface area (Å²) in [5.41, 5.74) is 7.99. The molecule has 32 heavy (non-hydrogen) atoms. The van der Waals surface area contributed by atoms with Crippen molar-refractivity contribution in [2.45, 2.75) is 0 Å². The SMILES string of the molecule is CN1CCN(c2ccc(-c3n[nH]c4ccc(-c5cnc6nccnc6c5)nc34)cc2)CC1. The summed E-state index contributed by atoms with van der Waals surface area (Å²) < 4.78 is 0. The van der Waals surface area contributed by atoms with Crippen molar-refractivity contribution in [2.24, 2.45) is 0 Å². The van der Waals surface area contributed by atoms with Crippen LogP contribution in [-0.2, 0) is 0 Å². The number of rotatable bonds is 3. The van der Waals surface area contributed by atoms with Gasteiger partial charge in [-0.25, -0.2) is 15.0 Å². The number of pyridine rings is 2. The van der Waals surface area contributed by atoms with Crippen LogP contribution in [0.15, 0.2) is 61.1 Å². The van der Waals surface area contributed by atoms with Gasteiger partial charge in [-0.15, -0.1) is 0 Å². The quantitative estimate of drug-likeness (QED) is 0.477. The lowest BCUT2D eigenvalue weighted by Gasteiger charge is -2.34. The van der Waals surface area contributed by atoms with Crippen LogP contribution in [0, 0.1) is 0 Å². The van der Waals surface area contributed by atoms with E-state index in [-0.39, 0.29) is 0 Å². The van der Waals surface area contributed by atoms with E-state index in [1.807, 2.05) is 18.2 Å². The van der Waals surface area contributed by atoms with Crippen LogP contribution in [0.2, 0.25) is 0 Å². The fourth-order valence-corrected chi connectivity index (χ4v) is 4.15. The predicted molar refractivity (Wildman–Crippen MR) is 125 cm³/mol. The Morgan fingerprint density at radius 3 is 2.50 bits per heavy atom. The molecule has 0 atom stereocenters. The van der Waals surface area contributed by atoms with Crippen LogP contribution >= 0.6 is 0 Å². The fourth-order valence-electron chi connectivity index (χ4n) is 4.15. The van der Waals surface area contributed by atoms with Gasteiger partial charge in [-0.05, 0) is 37.4 Å². The Labute approximate surface area is 185 Å². The summed E-state index contributed by atoms with van der Waals surface area (Å²) in [5, 5.41) is 7.67. The van der Waals surface area contributed by atoms with E-state index < -0.39 is 0 Å². The Morgan fingerprint density at radius 2 is 1.66 bits per heavy atom. The van der Waals surface area contributed by atoms with Gasteiger partial charge in [-0.1, -0.05) is 12.1 Å². The predicted octanol–water partition coefficient (Wildman–Crippen LogP) is 3.38. The van der Waals surface area contributed by atoms with Crippen molar-refractivity contribution in [1.29, 1.82) is 0 Å². The fraction of sp³-hybridized carbons (Fsp3) is 0.208. The first-order chi connectivity index (χ1) is 15.7. The van der Waals surface area contributed by atoms with E-state index in [0.717, 1.165) is 65.2 Å². The monoisotopic (exact) mass is 422 g/mol. The summed E-state index contributed by atoms with van der Waals surface area (Å²) >= 11 is 0. The second-order valence-corrected chi connectivity index (χ2v) is 8.13. The maximum atomic E-state index is 4.91. The first kappa shape index (κ1) is 18.8. The second-order valence-electron chi connectivity index (χ2n) is 8.13. The molecule has 0 spiro atoms. The Balaban J connectivity index is 1.34. The molecule has 0 saturated carbocycles. The summed E-state index contributed by atoms with van der Waals surface area (Å²) in [6.45, 7) is 4.29. The molecule has 5 aromatic rings. The highest BCUT2D eigenvalue weighted by atomic mass is 15.2. The van der Waals surface area contributed by atoms with Crippen molar-refractivity contribution in [2.75, 3.05) is 38.1 Å². The topological polar surface area (TPSA) is 86.7 Å². The number of aromatic amines is 1. The molecule has 0 aliphatic carbocycles. The average Bonchev–Trinajstić information content (AvgIpc) is 3.28. The zero-order valence-electron chi connectivity index (χ0n) is 17.7. The highest BCUT2D eigenvalue weighted by molar-refractivity contribution is 5.91. The van der Waals surface area contributed by atoms with Crippen LogP contribution in [0.5, 0.6) is 0 Å². The third-order valence-corrected chi connectivity index (χ3v) is 6.04. The van der Waals surface area contributed by atoms with Gasteiger partial charge < -0.3 is 9.80 Å². The molecule has 1 aliphatic heterocycles. The lowest BCUT2D eigenvalue weighted by Crippen LogP contribution is -2.44. The van der Waals surface area contributed by atoms with Crippen molar-refractivity contribution in [3.63, 3.8) is 0 Å². The Bertz CT molecular complexity index is 1400. The second kappa shape index (κ2) is 7.65. The normalized spacial score (nSPS) is 15.0. The highest BCUT2D eigenvalue weighted by Gasteiger charge is 2.16. The van der Waals surface area contributed by atoms with E-state index in [0.29, 0.717) is 5.65 Å². The molecular weight excluding hydrogens is 400 g/mol. The van der Waals surface area contributed by atoms with Crippen molar-refractivity contribution in [1.82, 2.24) is 35.0 Å². The highest BCUT2D eigenvalue weighted by Crippen LogP contribution is 2.29. The molecule has 1 fully saturated rings. The van der Waals surface area contributed by atoms with Gasteiger partial charge in [0.25, 0.3) is 0 Å². The van der Waals surface area contributed by atoms with Crippen LogP contribution in [-0.4, -0.2) is 68.3 Å². The molecule has 1 N–H and O–H groups in total. The maximum Gasteiger partial charge on any atom is 0.178 e. The molecule has 8 heteroatoms. The third kappa shape index (κ3) is 3.34. The molecule has 0 amide bonds. The lowest BCUT2D eigenvalue weighted by atomic mass is 10.1. The summed E-state index contributed by atoms with van der Waals surface area (Å²) in [4.78, 5) is 22.7. The van der Waals surface area contributed by atoms with E-state index in [2.05, 4.69) is 66.3 Å². The van der Waals surface area contributed by atoms with E-state index in [1.165, 1.54) is 5.69 Å². The average molecular weight is 422 g/mol. The van der Waals surface area contributed by atoms with Crippen LogP contribution in [0.25, 0.3) is 44.7 Å². The van der Waals surface area contributed by atoms with Gasteiger partial charge in [0.2, 0.25) is 0 Å². The number of nitrogens with one attached hydrogen (secondary N) is 1. The standard InChI is InChI=1S/C24H22N8/c1-31-10-12-32(13-11-31)18-4-2-16(3-5-18)22-23-20(29-30-22)7-6-19(28-23)17-14-21-24(27-15-17)26-9-8-25-21/h2-9,14-15H,10-13H2,1H3,(H,29,30). The van der Waals surface area contributed by atoms with Gasteiger partial charge in [0, 0.05) is 61.6 Å². The number of likely N-dealkylation sites (N-methyl/N-ethyl adjacent to an activating group) is 1. The number of benzene rings is 1. The largest absolute Gasteiger partial charge is 0.369 e. The number of hydrogen-bond acceptors (Lipinski definition) is 7. The molecule has 158 valence electrons.